The molecule has 236 valence electrons. The molecule has 6 rings (SSSR count). The maximum Gasteiger partial charge on any atom is 0.302 e. The van der Waals surface area contributed by atoms with Crippen LogP contribution < -0.4 is 0 Å². The Morgan fingerprint density at radius 1 is 0.905 bits per heavy atom. The third-order valence-electron chi connectivity index (χ3n) is 14.6. The van der Waals surface area contributed by atoms with Crippen LogP contribution in [0, 0.1) is 50.7 Å². The van der Waals surface area contributed by atoms with Crippen molar-refractivity contribution in [1.82, 2.24) is 0 Å². The van der Waals surface area contributed by atoms with Crippen LogP contribution in [0.1, 0.15) is 132 Å². The van der Waals surface area contributed by atoms with Gasteiger partial charge in [0, 0.05) is 18.8 Å². The lowest BCUT2D eigenvalue weighted by atomic mass is 9.33. The standard InChI is InChI=1S/C37H58O3S2/c1-23(2)31-26(39)22-37(17-14-30-41-20-9-21-42-30)19-18-35(7)25(32(31)37)10-11-28-34(6)15-13-29(40-24(3)38)33(4,5)27(34)12-16-36(28,35)8/h23,25,27-30H,9-22H2,1-8H3/t25-,27+,28-,29+,34+,35-,36-,37+/m1/s1. The molecule has 0 N–H and O–H groups in total. The van der Waals surface area contributed by atoms with Crippen LogP contribution in [-0.4, -0.2) is 33.9 Å². The molecular formula is C37H58O3S2. The monoisotopic (exact) mass is 614 g/mol. The van der Waals surface area contributed by atoms with Crippen molar-refractivity contribution in [3.63, 3.8) is 0 Å². The second kappa shape index (κ2) is 10.8. The van der Waals surface area contributed by atoms with E-state index in [0.29, 0.717) is 29.5 Å². The van der Waals surface area contributed by atoms with Gasteiger partial charge in [-0.1, -0.05) is 54.0 Å². The van der Waals surface area contributed by atoms with Gasteiger partial charge in [0.25, 0.3) is 0 Å². The summed E-state index contributed by atoms with van der Waals surface area (Å²) in [4.78, 5) is 25.9. The lowest BCUT2D eigenvalue weighted by Crippen LogP contribution is -2.65. The third-order valence-corrected chi connectivity index (χ3v) is 17.7. The first-order valence-corrected chi connectivity index (χ1v) is 19.5. The number of rotatable bonds is 5. The van der Waals surface area contributed by atoms with Gasteiger partial charge in [0.2, 0.25) is 0 Å². The Labute approximate surface area is 265 Å². The molecule has 0 spiro atoms. The number of fused-ring (bicyclic) bond motifs is 7. The number of hydrogen-bond donors (Lipinski definition) is 0. The molecule has 3 nitrogen and oxygen atoms in total. The highest BCUT2D eigenvalue weighted by molar-refractivity contribution is 8.17. The molecule has 6 aliphatic rings. The van der Waals surface area contributed by atoms with E-state index in [1.54, 1.807) is 12.5 Å². The van der Waals surface area contributed by atoms with Crippen LogP contribution in [0.3, 0.4) is 0 Å². The van der Waals surface area contributed by atoms with Crippen LogP contribution in [0.2, 0.25) is 0 Å². The predicted molar refractivity (Wildman–Crippen MR) is 178 cm³/mol. The van der Waals surface area contributed by atoms with Crippen LogP contribution >= 0.6 is 23.5 Å². The largest absolute Gasteiger partial charge is 0.462 e. The van der Waals surface area contributed by atoms with Gasteiger partial charge >= 0.3 is 5.97 Å². The fourth-order valence-electron chi connectivity index (χ4n) is 12.5. The average molecular weight is 615 g/mol. The predicted octanol–water partition coefficient (Wildman–Crippen LogP) is 9.88. The molecule has 0 bridgehead atoms. The second-order valence-corrected chi connectivity index (χ2v) is 19.9. The first-order valence-electron chi connectivity index (χ1n) is 17.4. The molecule has 0 aromatic rings. The number of carbonyl (C=O) groups excluding carboxylic acids is 2. The van der Waals surface area contributed by atoms with Gasteiger partial charge in [0.1, 0.15) is 6.10 Å². The van der Waals surface area contributed by atoms with Crippen LogP contribution in [0.15, 0.2) is 11.1 Å². The Morgan fingerprint density at radius 3 is 2.29 bits per heavy atom. The van der Waals surface area contributed by atoms with Crippen molar-refractivity contribution in [1.29, 1.82) is 0 Å². The van der Waals surface area contributed by atoms with Gasteiger partial charge in [-0.2, -0.15) is 0 Å². The molecule has 1 aliphatic heterocycles. The molecule has 8 atom stereocenters. The molecule has 0 unspecified atom stereocenters. The lowest BCUT2D eigenvalue weighted by Gasteiger charge is -2.72. The zero-order valence-electron chi connectivity index (χ0n) is 27.9. The van der Waals surface area contributed by atoms with Gasteiger partial charge in [-0.3, -0.25) is 9.59 Å². The summed E-state index contributed by atoms with van der Waals surface area (Å²) in [7, 11) is 0. The molecule has 5 heteroatoms. The summed E-state index contributed by atoms with van der Waals surface area (Å²) >= 11 is 4.35. The molecule has 5 fully saturated rings. The minimum absolute atomic E-state index is 0.000172. The molecule has 42 heavy (non-hydrogen) atoms. The van der Waals surface area contributed by atoms with E-state index >= 15 is 0 Å². The number of ether oxygens (including phenoxy) is 1. The number of allylic oxidation sites excluding steroid dienone is 2. The van der Waals surface area contributed by atoms with E-state index in [1.165, 1.54) is 81.3 Å². The molecule has 5 aliphatic carbocycles. The van der Waals surface area contributed by atoms with E-state index in [1.807, 2.05) is 0 Å². The van der Waals surface area contributed by atoms with Crippen LogP contribution in [0.25, 0.3) is 0 Å². The number of hydrogen-bond acceptors (Lipinski definition) is 5. The zero-order valence-corrected chi connectivity index (χ0v) is 29.5. The van der Waals surface area contributed by atoms with Gasteiger partial charge in [-0.05, 0) is 133 Å². The minimum Gasteiger partial charge on any atom is -0.462 e. The number of esters is 1. The minimum atomic E-state index is -0.128. The lowest BCUT2D eigenvalue weighted by molar-refractivity contribution is -0.232. The maximum atomic E-state index is 13.9. The van der Waals surface area contributed by atoms with Gasteiger partial charge in [0.05, 0.1) is 4.58 Å². The molecule has 0 aromatic heterocycles. The van der Waals surface area contributed by atoms with E-state index in [2.05, 4.69) is 72.0 Å². The molecule has 1 heterocycles. The Kier molecular flexibility index (Phi) is 8.15. The Hall–Kier alpha value is -0.420. The summed E-state index contributed by atoms with van der Waals surface area (Å²) in [6, 6.07) is 0. The maximum absolute atomic E-state index is 13.9. The van der Waals surface area contributed by atoms with Gasteiger partial charge < -0.3 is 4.74 Å². The fourth-order valence-corrected chi connectivity index (χ4v) is 15.4. The van der Waals surface area contributed by atoms with Gasteiger partial charge in [0.15, 0.2) is 5.78 Å². The Bertz CT molecular complexity index is 1140. The van der Waals surface area contributed by atoms with Gasteiger partial charge in [-0.25, -0.2) is 0 Å². The van der Waals surface area contributed by atoms with Gasteiger partial charge in [-0.15, -0.1) is 23.5 Å². The van der Waals surface area contributed by atoms with E-state index in [9.17, 15) is 9.59 Å². The summed E-state index contributed by atoms with van der Waals surface area (Å²) in [5.41, 5.74) is 3.80. The number of thioether (sulfide) groups is 2. The summed E-state index contributed by atoms with van der Waals surface area (Å²) in [6.45, 7) is 18.9. The first-order chi connectivity index (χ1) is 19.7. The Balaban J connectivity index is 1.34. The highest BCUT2D eigenvalue weighted by atomic mass is 32.2. The quantitative estimate of drug-likeness (QED) is 0.288. The normalized spacial score (nSPS) is 45.2. The average Bonchev–Trinajstić information content (AvgIpc) is 3.22. The topological polar surface area (TPSA) is 43.4 Å². The molecule has 0 aromatic carbocycles. The summed E-state index contributed by atoms with van der Waals surface area (Å²) in [5, 5.41) is 0. The van der Waals surface area contributed by atoms with Crippen molar-refractivity contribution < 1.29 is 14.3 Å². The Morgan fingerprint density at radius 2 is 1.62 bits per heavy atom. The van der Waals surface area contributed by atoms with Crippen molar-refractivity contribution in [2.75, 3.05) is 11.5 Å². The molecule has 4 saturated carbocycles. The smallest absolute Gasteiger partial charge is 0.302 e. The van der Waals surface area contributed by atoms with E-state index in [4.69, 9.17) is 4.74 Å². The molecular weight excluding hydrogens is 557 g/mol. The summed E-state index contributed by atoms with van der Waals surface area (Å²) < 4.78 is 6.67. The summed E-state index contributed by atoms with van der Waals surface area (Å²) in [6.07, 6.45) is 14.3. The van der Waals surface area contributed by atoms with Crippen molar-refractivity contribution in [3.05, 3.63) is 11.1 Å². The number of carbonyl (C=O) groups is 2. The zero-order chi connectivity index (χ0) is 30.3. The first kappa shape index (κ1) is 31.6. The third kappa shape index (κ3) is 4.57. The second-order valence-electron chi connectivity index (χ2n) is 17.0. The van der Waals surface area contributed by atoms with Crippen molar-refractivity contribution in [3.8, 4) is 0 Å². The van der Waals surface area contributed by atoms with Crippen molar-refractivity contribution in [2.45, 2.75) is 143 Å². The van der Waals surface area contributed by atoms with E-state index in [-0.39, 0.29) is 39.1 Å². The van der Waals surface area contributed by atoms with Crippen LogP contribution in [-0.2, 0) is 14.3 Å². The van der Waals surface area contributed by atoms with Crippen LogP contribution in [0.5, 0.6) is 0 Å². The van der Waals surface area contributed by atoms with Crippen LogP contribution in [0.4, 0.5) is 0 Å². The number of ketones is 1. The molecule has 0 radical (unpaired) electrons. The fraction of sp³-hybridized carbons (Fsp3) is 0.892. The summed E-state index contributed by atoms with van der Waals surface area (Å²) in [5.74, 6) is 5.11. The SMILES string of the molecule is CC(=O)O[C@H]1CC[C@]2(C)[C@H]3CC[C@@H]4C5=C(C(C)C)C(=O)C[C@]5(CCC5SCCCS5)CC[C@@]4(C)[C@]3(C)CC[C@H]2C1(C)C. The number of Topliss-reactive ketones (excluding diaryl/α,β-unsaturated/α-hetero) is 1. The van der Waals surface area contributed by atoms with E-state index in [0.717, 1.165) is 17.4 Å². The van der Waals surface area contributed by atoms with Crippen molar-refractivity contribution in [2.24, 2.45) is 50.7 Å². The molecule has 0 amide bonds. The molecule has 1 saturated heterocycles. The van der Waals surface area contributed by atoms with Crippen molar-refractivity contribution >= 4 is 35.3 Å². The van der Waals surface area contributed by atoms with E-state index < -0.39 is 0 Å². The highest BCUT2D eigenvalue weighted by Crippen LogP contribution is 2.77. The highest BCUT2D eigenvalue weighted by Gasteiger charge is 2.70.